The molecule has 0 spiro atoms. The van der Waals surface area contributed by atoms with Gasteiger partial charge in [-0.2, -0.15) is 0 Å². The number of nitrogens with zero attached hydrogens (tertiary/aromatic N) is 4. The van der Waals surface area contributed by atoms with Crippen LogP contribution in [0.4, 0.5) is 5.69 Å². The Bertz CT molecular complexity index is 1330. The molecule has 2 aromatic heterocycles. The first kappa shape index (κ1) is 21.2. The molecule has 0 saturated carbocycles. The van der Waals surface area contributed by atoms with E-state index in [1.807, 2.05) is 6.92 Å². The molecule has 10 heteroatoms. The van der Waals surface area contributed by atoms with Crippen LogP contribution in [0.5, 0.6) is 5.75 Å². The van der Waals surface area contributed by atoms with E-state index in [2.05, 4.69) is 15.5 Å². The predicted molar refractivity (Wildman–Crippen MR) is 122 cm³/mol. The van der Waals surface area contributed by atoms with Gasteiger partial charge in [-0.15, -0.1) is 10.2 Å². The first-order valence-electron chi connectivity index (χ1n) is 9.65. The molecule has 0 radical (unpaired) electrons. The second-order valence-corrected chi connectivity index (χ2v) is 8.18. The summed E-state index contributed by atoms with van der Waals surface area (Å²) in [5.41, 5.74) is 1.12. The number of halogens is 1. The lowest BCUT2D eigenvalue weighted by atomic mass is 10.2. The van der Waals surface area contributed by atoms with Crippen LogP contribution in [0.25, 0.3) is 16.7 Å². The lowest BCUT2D eigenvalue weighted by Gasteiger charge is -2.11. The summed E-state index contributed by atoms with van der Waals surface area (Å²) in [5.74, 6) is 1.01. The van der Waals surface area contributed by atoms with E-state index in [0.29, 0.717) is 44.8 Å². The Morgan fingerprint density at radius 2 is 2.06 bits per heavy atom. The molecule has 1 amide bonds. The molecule has 2 heterocycles. The van der Waals surface area contributed by atoms with E-state index in [0.717, 1.165) is 6.42 Å². The molecule has 0 aliphatic rings. The van der Waals surface area contributed by atoms with Crippen molar-refractivity contribution in [2.24, 2.45) is 0 Å². The van der Waals surface area contributed by atoms with Crippen LogP contribution in [0, 0.1) is 0 Å². The summed E-state index contributed by atoms with van der Waals surface area (Å²) in [6, 6.07) is 12.2. The van der Waals surface area contributed by atoms with Crippen molar-refractivity contribution in [3.05, 3.63) is 57.8 Å². The van der Waals surface area contributed by atoms with Gasteiger partial charge < -0.3 is 10.1 Å². The van der Waals surface area contributed by atoms with Crippen molar-refractivity contribution in [3.63, 3.8) is 0 Å². The minimum Gasteiger partial charge on any atom is -0.497 e. The van der Waals surface area contributed by atoms with E-state index in [1.54, 1.807) is 58.5 Å². The van der Waals surface area contributed by atoms with Gasteiger partial charge in [0.25, 0.3) is 5.56 Å². The van der Waals surface area contributed by atoms with Gasteiger partial charge in [0.15, 0.2) is 5.16 Å². The highest BCUT2D eigenvalue weighted by atomic mass is 35.5. The number of fused-ring (bicyclic) bond motifs is 3. The summed E-state index contributed by atoms with van der Waals surface area (Å²) < 4.78 is 8.56. The van der Waals surface area contributed by atoms with Crippen molar-refractivity contribution < 1.29 is 9.53 Å². The summed E-state index contributed by atoms with van der Waals surface area (Å²) in [7, 11) is 1.57. The van der Waals surface area contributed by atoms with Gasteiger partial charge in [-0.25, -0.2) is 0 Å². The van der Waals surface area contributed by atoms with Crippen molar-refractivity contribution in [2.45, 2.75) is 25.0 Å². The van der Waals surface area contributed by atoms with Crippen molar-refractivity contribution >= 4 is 51.6 Å². The van der Waals surface area contributed by atoms with Crippen molar-refractivity contribution in [3.8, 4) is 5.75 Å². The molecule has 31 heavy (non-hydrogen) atoms. The number of hydrogen-bond acceptors (Lipinski definition) is 6. The molecule has 2 aromatic carbocycles. The second kappa shape index (κ2) is 8.99. The molecule has 0 saturated heterocycles. The number of methoxy groups -OCH3 is 1. The van der Waals surface area contributed by atoms with Gasteiger partial charge in [0, 0.05) is 23.3 Å². The fourth-order valence-corrected chi connectivity index (χ4v) is 4.21. The van der Waals surface area contributed by atoms with Gasteiger partial charge in [-0.1, -0.05) is 36.4 Å². The average Bonchev–Trinajstić information content (AvgIpc) is 3.19. The maximum absolute atomic E-state index is 12.9. The zero-order chi connectivity index (χ0) is 22.0. The summed E-state index contributed by atoms with van der Waals surface area (Å²) in [6.07, 6.45) is 0.771. The van der Waals surface area contributed by atoms with E-state index >= 15 is 0 Å². The molecular formula is C21H20ClN5O3S. The summed E-state index contributed by atoms with van der Waals surface area (Å²) in [6.45, 7) is 2.50. The summed E-state index contributed by atoms with van der Waals surface area (Å²) in [4.78, 5) is 25.4. The van der Waals surface area contributed by atoms with Crippen LogP contribution in [0.15, 0.2) is 52.4 Å². The molecule has 8 nitrogen and oxygen atoms in total. The fourth-order valence-electron chi connectivity index (χ4n) is 3.30. The first-order valence-corrected chi connectivity index (χ1v) is 11.0. The number of benzene rings is 2. The topological polar surface area (TPSA) is 90.5 Å². The molecule has 0 atom stereocenters. The number of ether oxygens (including phenoxy) is 1. The number of hydrogen-bond donors (Lipinski definition) is 1. The molecule has 0 aliphatic carbocycles. The molecular weight excluding hydrogens is 438 g/mol. The first-order chi connectivity index (χ1) is 15.0. The quantitative estimate of drug-likeness (QED) is 0.424. The van der Waals surface area contributed by atoms with Crippen LogP contribution < -0.4 is 15.6 Å². The zero-order valence-electron chi connectivity index (χ0n) is 17.0. The smallest absolute Gasteiger partial charge is 0.262 e. The lowest BCUT2D eigenvalue weighted by molar-refractivity contribution is -0.113. The number of thioether (sulfide) groups is 1. The number of nitrogens with one attached hydrogen (secondary N) is 1. The number of amides is 1. The van der Waals surface area contributed by atoms with E-state index in [4.69, 9.17) is 16.3 Å². The van der Waals surface area contributed by atoms with Crippen LogP contribution in [0.1, 0.15) is 13.3 Å². The van der Waals surface area contributed by atoms with Crippen LogP contribution in [0.3, 0.4) is 0 Å². The van der Waals surface area contributed by atoms with Crippen LogP contribution in [0.2, 0.25) is 5.02 Å². The highest BCUT2D eigenvalue weighted by molar-refractivity contribution is 7.99. The Labute approximate surface area is 187 Å². The maximum Gasteiger partial charge on any atom is 0.262 e. The van der Waals surface area contributed by atoms with Crippen LogP contribution in [-0.2, 0) is 11.3 Å². The molecule has 0 aliphatic heterocycles. The largest absolute Gasteiger partial charge is 0.497 e. The average molecular weight is 458 g/mol. The van der Waals surface area contributed by atoms with E-state index in [9.17, 15) is 9.59 Å². The minimum atomic E-state index is -0.195. The third kappa shape index (κ3) is 4.24. The molecule has 0 fully saturated rings. The molecule has 4 aromatic rings. The van der Waals surface area contributed by atoms with Crippen molar-refractivity contribution in [2.75, 3.05) is 18.2 Å². The standard InChI is InChI=1S/C21H20ClN5O3S/c1-3-9-26-19(29)16-8-7-13(22)10-17(16)27-20(26)24-25-21(27)31-12-18(28)23-14-5-4-6-15(11-14)30-2/h4-8,10-11H,3,9,12H2,1-2H3,(H,23,28). The second-order valence-electron chi connectivity index (χ2n) is 6.81. The Balaban J connectivity index is 1.66. The minimum absolute atomic E-state index is 0.118. The Hall–Kier alpha value is -3.04. The predicted octanol–water partition coefficient (Wildman–Crippen LogP) is 3.85. The van der Waals surface area contributed by atoms with Gasteiger partial charge in [0.2, 0.25) is 11.7 Å². The molecule has 4 rings (SSSR count). The van der Waals surface area contributed by atoms with Gasteiger partial charge >= 0.3 is 0 Å². The summed E-state index contributed by atoms with van der Waals surface area (Å²) >= 11 is 7.42. The third-order valence-electron chi connectivity index (χ3n) is 4.67. The normalized spacial score (nSPS) is 11.2. The van der Waals surface area contributed by atoms with E-state index in [1.165, 1.54) is 11.8 Å². The van der Waals surface area contributed by atoms with E-state index < -0.39 is 0 Å². The highest BCUT2D eigenvalue weighted by Gasteiger charge is 2.18. The number of carbonyl (C=O) groups is 1. The van der Waals surface area contributed by atoms with Crippen molar-refractivity contribution in [1.82, 2.24) is 19.2 Å². The van der Waals surface area contributed by atoms with Gasteiger partial charge in [0.05, 0.1) is 23.8 Å². The van der Waals surface area contributed by atoms with Gasteiger partial charge in [-0.3, -0.25) is 18.6 Å². The monoisotopic (exact) mass is 457 g/mol. The Kier molecular flexibility index (Phi) is 6.15. The number of carbonyl (C=O) groups excluding carboxylic acids is 1. The number of aromatic nitrogens is 4. The molecule has 0 unspecified atom stereocenters. The number of anilines is 1. The SMILES string of the molecule is CCCn1c(=O)c2ccc(Cl)cc2n2c(SCC(=O)Nc3cccc(OC)c3)nnc12. The van der Waals surface area contributed by atoms with Gasteiger partial charge in [-0.05, 0) is 36.8 Å². The summed E-state index contributed by atoms with van der Waals surface area (Å²) in [5, 5.41) is 12.8. The molecule has 1 N–H and O–H groups in total. The Morgan fingerprint density at radius 1 is 1.23 bits per heavy atom. The third-order valence-corrected chi connectivity index (χ3v) is 5.83. The Morgan fingerprint density at radius 3 is 2.84 bits per heavy atom. The zero-order valence-corrected chi connectivity index (χ0v) is 18.5. The van der Waals surface area contributed by atoms with Crippen molar-refractivity contribution in [1.29, 1.82) is 0 Å². The van der Waals surface area contributed by atoms with Crippen LogP contribution >= 0.6 is 23.4 Å². The number of rotatable bonds is 7. The van der Waals surface area contributed by atoms with Gasteiger partial charge in [0.1, 0.15) is 5.75 Å². The lowest BCUT2D eigenvalue weighted by Crippen LogP contribution is -2.23. The fraction of sp³-hybridized carbons (Fsp3) is 0.238. The van der Waals surface area contributed by atoms with Crippen LogP contribution in [-0.4, -0.2) is 37.9 Å². The highest BCUT2D eigenvalue weighted by Crippen LogP contribution is 2.24. The molecule has 160 valence electrons. The number of aryl methyl sites for hydroxylation is 1. The van der Waals surface area contributed by atoms with E-state index in [-0.39, 0.29) is 17.2 Å². The maximum atomic E-state index is 12.9. The molecule has 0 bridgehead atoms.